The molecule has 0 aliphatic heterocycles. The first-order valence-electron chi connectivity index (χ1n) is 9.71. The lowest BCUT2D eigenvalue weighted by molar-refractivity contribution is -0.139. The van der Waals surface area contributed by atoms with Crippen LogP contribution in [0.3, 0.4) is 0 Å². The second-order valence-electron chi connectivity index (χ2n) is 6.82. The van der Waals surface area contributed by atoms with Crippen LogP contribution in [-0.4, -0.2) is 36.6 Å². The van der Waals surface area contributed by atoms with E-state index in [0.29, 0.717) is 28.4 Å². The lowest BCUT2D eigenvalue weighted by Gasteiger charge is -2.10. The summed E-state index contributed by atoms with van der Waals surface area (Å²) in [6.45, 7) is 5.33. The molecule has 0 bridgehead atoms. The van der Waals surface area contributed by atoms with E-state index in [1.807, 2.05) is 19.9 Å². The second-order valence-corrected chi connectivity index (χ2v) is 7.23. The number of anilines is 1. The molecule has 2 aromatic carbocycles. The Morgan fingerprint density at radius 2 is 1.90 bits per heavy atom. The van der Waals surface area contributed by atoms with Gasteiger partial charge in [0.2, 0.25) is 0 Å². The number of carbonyl (C=O) groups is 3. The molecule has 2 rings (SSSR count). The maximum Gasteiger partial charge on any atom is 0.329 e. The van der Waals surface area contributed by atoms with Crippen LogP contribution in [-0.2, 0) is 14.4 Å². The van der Waals surface area contributed by atoms with Crippen LogP contribution in [0.2, 0.25) is 5.02 Å². The zero-order valence-electron chi connectivity index (χ0n) is 17.6. The van der Waals surface area contributed by atoms with Gasteiger partial charge in [-0.25, -0.2) is 5.43 Å². The minimum Gasteiger partial charge on any atom is -0.483 e. The van der Waals surface area contributed by atoms with Gasteiger partial charge in [0.25, 0.3) is 5.91 Å². The van der Waals surface area contributed by atoms with Gasteiger partial charge in [0.15, 0.2) is 6.61 Å². The van der Waals surface area contributed by atoms with Gasteiger partial charge < -0.3 is 15.4 Å². The largest absolute Gasteiger partial charge is 0.483 e. The zero-order chi connectivity index (χ0) is 22.8. The van der Waals surface area contributed by atoms with E-state index in [2.05, 4.69) is 21.2 Å². The smallest absolute Gasteiger partial charge is 0.329 e. The van der Waals surface area contributed by atoms with Gasteiger partial charge in [0, 0.05) is 22.3 Å². The lowest BCUT2D eigenvalue weighted by atomic mass is 10.2. The molecule has 0 spiro atoms. The van der Waals surface area contributed by atoms with Crippen LogP contribution in [0.15, 0.2) is 47.6 Å². The summed E-state index contributed by atoms with van der Waals surface area (Å²) in [5.74, 6) is -1.60. The van der Waals surface area contributed by atoms with Crippen LogP contribution in [0.4, 0.5) is 5.69 Å². The van der Waals surface area contributed by atoms with Crippen molar-refractivity contribution >= 4 is 41.2 Å². The number of ether oxygens (including phenoxy) is 1. The third kappa shape index (κ3) is 7.75. The molecule has 0 saturated heterocycles. The van der Waals surface area contributed by atoms with Crippen molar-refractivity contribution in [3.05, 3.63) is 58.6 Å². The topological polar surface area (TPSA) is 109 Å². The van der Waals surface area contributed by atoms with Crippen LogP contribution in [0.1, 0.15) is 31.4 Å². The van der Waals surface area contributed by atoms with Gasteiger partial charge in [0.05, 0.1) is 6.21 Å². The van der Waals surface area contributed by atoms with E-state index in [0.717, 1.165) is 5.56 Å². The number of halogens is 1. The molecule has 0 aromatic heterocycles. The molecule has 0 fully saturated rings. The number of carbonyl (C=O) groups excluding carboxylic acids is 3. The maximum absolute atomic E-state index is 12.2. The first-order chi connectivity index (χ1) is 14.8. The molecule has 2 aromatic rings. The monoisotopic (exact) mass is 444 g/mol. The Bertz CT molecular complexity index is 978. The first kappa shape index (κ1) is 23.9. The molecule has 3 N–H and O–H groups in total. The first-order valence-corrected chi connectivity index (χ1v) is 10.1. The summed E-state index contributed by atoms with van der Waals surface area (Å²) in [7, 11) is 0. The summed E-state index contributed by atoms with van der Waals surface area (Å²) in [5.41, 5.74) is 4.17. The van der Waals surface area contributed by atoms with E-state index in [9.17, 15) is 14.4 Å². The molecule has 0 radical (unpaired) electrons. The summed E-state index contributed by atoms with van der Waals surface area (Å²) in [6.07, 6.45) is 2.04. The van der Waals surface area contributed by atoms with Crippen molar-refractivity contribution in [1.29, 1.82) is 0 Å². The number of para-hydroxylation sites is 1. The highest BCUT2D eigenvalue weighted by Gasteiger charge is 2.14. The van der Waals surface area contributed by atoms with Crippen LogP contribution >= 0.6 is 11.6 Å². The van der Waals surface area contributed by atoms with Gasteiger partial charge in [-0.1, -0.05) is 36.7 Å². The third-order valence-electron chi connectivity index (χ3n) is 4.30. The summed E-state index contributed by atoms with van der Waals surface area (Å²) >= 11 is 6.06. The highest BCUT2D eigenvalue weighted by Crippen LogP contribution is 2.20. The summed E-state index contributed by atoms with van der Waals surface area (Å²) < 4.78 is 5.57. The molecular formula is C22H25ClN4O4. The van der Waals surface area contributed by atoms with Gasteiger partial charge >= 0.3 is 11.8 Å². The molecule has 164 valence electrons. The van der Waals surface area contributed by atoms with E-state index >= 15 is 0 Å². The molecule has 0 aliphatic carbocycles. The van der Waals surface area contributed by atoms with Crippen LogP contribution in [0, 0.1) is 6.92 Å². The third-order valence-corrected chi connectivity index (χ3v) is 4.71. The number of rotatable bonds is 8. The normalized spacial score (nSPS) is 11.6. The number of hydrazone groups is 1. The number of hydrogen-bond donors (Lipinski definition) is 3. The Morgan fingerprint density at radius 1 is 1.16 bits per heavy atom. The maximum atomic E-state index is 12.2. The standard InChI is InChI=1S/C22H25ClN4O4/c1-4-15(3)25-21(29)22(30)27-24-12-16-7-5-6-8-19(16)31-13-20(28)26-17-10-9-14(2)18(23)11-17/h5-12,15H,4,13H2,1-3H3,(H,25,29)(H,26,28)(H,27,30)/b24-12-/t15-/m0/s1. The van der Waals surface area contributed by atoms with Crippen LogP contribution in [0.5, 0.6) is 5.75 Å². The molecule has 3 amide bonds. The zero-order valence-corrected chi connectivity index (χ0v) is 18.3. The Labute approximate surface area is 186 Å². The van der Waals surface area contributed by atoms with E-state index in [1.165, 1.54) is 6.21 Å². The fraction of sp³-hybridized carbons (Fsp3) is 0.273. The minimum absolute atomic E-state index is 0.113. The quantitative estimate of drug-likeness (QED) is 0.330. The number of benzene rings is 2. The predicted octanol–water partition coefficient (Wildman–Crippen LogP) is 3.03. The van der Waals surface area contributed by atoms with Crippen molar-refractivity contribution in [2.75, 3.05) is 11.9 Å². The fourth-order valence-electron chi connectivity index (χ4n) is 2.33. The number of hydrogen-bond acceptors (Lipinski definition) is 5. The Kier molecular flexibility index (Phi) is 9.02. The molecule has 1 atom stereocenters. The summed E-state index contributed by atoms with van der Waals surface area (Å²) in [5, 5.41) is 9.60. The Morgan fingerprint density at radius 3 is 2.61 bits per heavy atom. The van der Waals surface area contributed by atoms with Gasteiger partial charge in [0.1, 0.15) is 5.75 Å². The van der Waals surface area contributed by atoms with Gasteiger partial charge in [-0.05, 0) is 50.1 Å². The van der Waals surface area contributed by atoms with E-state index in [-0.39, 0.29) is 18.6 Å². The second kappa shape index (κ2) is 11.7. The highest BCUT2D eigenvalue weighted by atomic mass is 35.5. The van der Waals surface area contributed by atoms with Crippen molar-refractivity contribution in [2.45, 2.75) is 33.2 Å². The van der Waals surface area contributed by atoms with Crippen molar-refractivity contribution in [3.63, 3.8) is 0 Å². The van der Waals surface area contributed by atoms with Crippen LogP contribution < -0.4 is 20.8 Å². The predicted molar refractivity (Wildman–Crippen MR) is 120 cm³/mol. The van der Waals surface area contributed by atoms with Gasteiger partial charge in [-0.15, -0.1) is 0 Å². The Balaban J connectivity index is 1.91. The summed E-state index contributed by atoms with van der Waals surface area (Å²) in [4.78, 5) is 35.7. The molecule has 0 heterocycles. The number of nitrogens with zero attached hydrogens (tertiary/aromatic N) is 1. The highest BCUT2D eigenvalue weighted by molar-refractivity contribution is 6.35. The average molecular weight is 445 g/mol. The van der Waals surface area contributed by atoms with Crippen LogP contribution in [0.25, 0.3) is 0 Å². The van der Waals surface area contributed by atoms with E-state index in [1.54, 1.807) is 43.3 Å². The molecule has 0 aliphatic rings. The van der Waals surface area contributed by atoms with E-state index < -0.39 is 11.8 Å². The van der Waals surface area contributed by atoms with Crippen molar-refractivity contribution < 1.29 is 19.1 Å². The van der Waals surface area contributed by atoms with Crippen molar-refractivity contribution in [1.82, 2.24) is 10.7 Å². The molecular weight excluding hydrogens is 420 g/mol. The number of amides is 3. The molecule has 31 heavy (non-hydrogen) atoms. The number of nitrogens with one attached hydrogen (secondary N) is 3. The molecule has 8 nitrogen and oxygen atoms in total. The van der Waals surface area contributed by atoms with E-state index in [4.69, 9.17) is 16.3 Å². The minimum atomic E-state index is -0.869. The lowest BCUT2D eigenvalue weighted by Crippen LogP contribution is -2.41. The van der Waals surface area contributed by atoms with Crippen molar-refractivity contribution in [2.24, 2.45) is 5.10 Å². The Hall–Kier alpha value is -3.39. The van der Waals surface area contributed by atoms with Crippen molar-refractivity contribution in [3.8, 4) is 5.75 Å². The SMILES string of the molecule is CC[C@H](C)NC(=O)C(=O)N/N=C\c1ccccc1OCC(=O)Nc1ccc(C)c(Cl)c1. The molecule has 9 heteroatoms. The summed E-state index contributed by atoms with van der Waals surface area (Å²) in [6, 6.07) is 12.0. The van der Waals surface area contributed by atoms with Gasteiger partial charge in [-0.3, -0.25) is 14.4 Å². The average Bonchev–Trinajstić information content (AvgIpc) is 2.75. The van der Waals surface area contributed by atoms with Gasteiger partial charge in [-0.2, -0.15) is 5.10 Å². The molecule has 0 saturated carbocycles. The molecule has 0 unspecified atom stereocenters. The number of aryl methyl sites for hydroxylation is 1. The fourth-order valence-corrected chi connectivity index (χ4v) is 2.51.